The lowest BCUT2D eigenvalue weighted by Crippen LogP contribution is -2.01. The van der Waals surface area contributed by atoms with E-state index in [9.17, 15) is 13.2 Å². The van der Waals surface area contributed by atoms with Gasteiger partial charge in [0.1, 0.15) is 4.91 Å². The van der Waals surface area contributed by atoms with Gasteiger partial charge in [-0.3, -0.25) is 4.79 Å². The molecule has 0 amide bonds. The normalized spacial score (nSPS) is 16.9. The van der Waals surface area contributed by atoms with Crippen LogP contribution in [0.25, 0.3) is 25.9 Å². The molecule has 0 aliphatic carbocycles. The van der Waals surface area contributed by atoms with Crippen LogP contribution in [0.4, 0.5) is 0 Å². The first-order valence-electron chi connectivity index (χ1n) is 8.23. The molecule has 3 heterocycles. The number of fused-ring (bicyclic) bond motifs is 2. The van der Waals surface area contributed by atoms with Gasteiger partial charge in [-0.25, -0.2) is 8.42 Å². The van der Waals surface area contributed by atoms with E-state index in [0.717, 1.165) is 19.8 Å². The van der Waals surface area contributed by atoms with Crippen molar-refractivity contribution in [3.05, 3.63) is 82.1 Å². The number of sulfone groups is 1. The predicted molar refractivity (Wildman–Crippen MR) is 111 cm³/mol. The molecule has 6 heteroatoms. The number of hydrogen-bond donors (Lipinski definition) is 0. The van der Waals surface area contributed by atoms with Gasteiger partial charge >= 0.3 is 0 Å². The molecule has 0 radical (unpaired) electrons. The molecular weight excluding hydrogens is 396 g/mol. The van der Waals surface area contributed by atoms with Gasteiger partial charge in [0.2, 0.25) is 15.6 Å². The average molecular weight is 409 g/mol. The second-order valence-corrected chi connectivity index (χ2v) is 10.3. The Hall–Kier alpha value is -2.54. The van der Waals surface area contributed by atoms with Gasteiger partial charge in [0.15, 0.2) is 0 Å². The molecule has 1 aliphatic heterocycles. The second-order valence-electron chi connectivity index (χ2n) is 6.19. The molecule has 0 saturated carbocycles. The topological polar surface area (TPSA) is 51.2 Å². The van der Waals surface area contributed by atoms with Crippen molar-refractivity contribution in [2.75, 3.05) is 0 Å². The summed E-state index contributed by atoms with van der Waals surface area (Å²) in [6.07, 6.45) is 1.51. The van der Waals surface area contributed by atoms with Gasteiger partial charge in [-0.2, -0.15) is 0 Å². The number of rotatable bonds is 2. The fourth-order valence-electron chi connectivity index (χ4n) is 3.20. The first-order chi connectivity index (χ1) is 13.0. The molecule has 0 bridgehead atoms. The fraction of sp³-hybridized carbons (Fsp3) is 0. The van der Waals surface area contributed by atoms with Crippen LogP contribution >= 0.6 is 22.7 Å². The van der Waals surface area contributed by atoms with Crippen LogP contribution in [-0.2, 0) is 9.84 Å². The van der Waals surface area contributed by atoms with Crippen molar-refractivity contribution in [1.82, 2.24) is 0 Å². The van der Waals surface area contributed by atoms with Crippen LogP contribution in [-0.4, -0.2) is 14.2 Å². The van der Waals surface area contributed by atoms with Crippen molar-refractivity contribution in [2.24, 2.45) is 0 Å². The van der Waals surface area contributed by atoms with Crippen LogP contribution in [0.15, 0.2) is 76.5 Å². The number of carbonyl (C=O) groups is 1. The third-order valence-electron chi connectivity index (χ3n) is 4.49. The summed E-state index contributed by atoms with van der Waals surface area (Å²) in [5.74, 6) is -0.424. The van der Waals surface area contributed by atoms with Gasteiger partial charge in [-0.05, 0) is 35.9 Å². The van der Waals surface area contributed by atoms with Crippen LogP contribution in [0.5, 0.6) is 0 Å². The number of benzene rings is 2. The Bertz CT molecular complexity index is 1310. The summed E-state index contributed by atoms with van der Waals surface area (Å²) in [5.41, 5.74) is 1.42. The van der Waals surface area contributed by atoms with Gasteiger partial charge in [-0.1, -0.05) is 42.5 Å². The lowest BCUT2D eigenvalue weighted by atomic mass is 10.1. The minimum absolute atomic E-state index is 0.103. The van der Waals surface area contributed by atoms with E-state index in [2.05, 4.69) is 18.2 Å². The van der Waals surface area contributed by atoms with Gasteiger partial charge in [-0.15, -0.1) is 22.7 Å². The first kappa shape index (κ1) is 16.6. The zero-order valence-corrected chi connectivity index (χ0v) is 16.3. The van der Waals surface area contributed by atoms with Crippen molar-refractivity contribution in [2.45, 2.75) is 4.90 Å². The van der Waals surface area contributed by atoms with E-state index in [1.54, 1.807) is 29.5 Å². The highest BCUT2D eigenvalue weighted by Crippen LogP contribution is 2.41. The average Bonchev–Trinajstić information content (AvgIpc) is 3.29. The Labute approximate surface area is 164 Å². The quantitative estimate of drug-likeness (QED) is 0.403. The Morgan fingerprint density at radius 1 is 0.815 bits per heavy atom. The molecule has 2 aromatic heterocycles. The summed E-state index contributed by atoms with van der Waals surface area (Å²) in [4.78, 5) is 14.5. The number of Topliss-reactive ketones (excluding diaryl/α,β-unsaturated/α-hetero) is 1. The molecule has 0 unspecified atom stereocenters. The maximum absolute atomic E-state index is 12.7. The molecule has 4 aromatic rings. The van der Waals surface area contributed by atoms with Crippen LogP contribution in [0.3, 0.4) is 0 Å². The Balaban J connectivity index is 1.57. The van der Waals surface area contributed by atoms with E-state index in [1.807, 2.05) is 24.3 Å². The molecule has 2 aromatic carbocycles. The van der Waals surface area contributed by atoms with Crippen molar-refractivity contribution in [3.63, 3.8) is 0 Å². The molecule has 1 aliphatic rings. The molecule has 132 valence electrons. The molecule has 3 nitrogen and oxygen atoms in total. The molecule has 0 atom stereocenters. The summed E-state index contributed by atoms with van der Waals surface area (Å²) in [7, 11) is -3.74. The van der Waals surface area contributed by atoms with Gasteiger partial charge in [0.05, 0.1) is 4.90 Å². The number of carbonyl (C=O) groups excluding carboxylic acids is 1. The molecule has 0 N–H and O–H groups in total. The second kappa shape index (κ2) is 5.99. The number of hydrogen-bond acceptors (Lipinski definition) is 5. The lowest BCUT2D eigenvalue weighted by molar-refractivity contribution is 0.104. The summed E-state index contributed by atoms with van der Waals surface area (Å²) >= 11 is 3.16. The van der Waals surface area contributed by atoms with E-state index in [1.165, 1.54) is 28.4 Å². The van der Waals surface area contributed by atoms with E-state index >= 15 is 0 Å². The largest absolute Gasteiger partial charge is 0.288 e. The maximum Gasteiger partial charge on any atom is 0.211 e. The Morgan fingerprint density at radius 2 is 1.52 bits per heavy atom. The predicted octanol–water partition coefficient (Wildman–Crippen LogP) is 5.64. The monoisotopic (exact) mass is 408 g/mol. The summed E-state index contributed by atoms with van der Waals surface area (Å²) < 4.78 is 27.6. The minimum atomic E-state index is -3.74. The van der Waals surface area contributed by atoms with E-state index in [4.69, 9.17) is 0 Å². The zero-order chi connectivity index (χ0) is 18.6. The molecule has 0 saturated heterocycles. The van der Waals surface area contributed by atoms with Crippen LogP contribution in [0, 0.1) is 0 Å². The highest BCUT2D eigenvalue weighted by atomic mass is 32.2. The molecule has 5 rings (SSSR count). The number of ketones is 1. The van der Waals surface area contributed by atoms with Crippen LogP contribution in [0.1, 0.15) is 15.2 Å². The lowest BCUT2D eigenvalue weighted by Gasteiger charge is -1.96. The first-order valence-corrected chi connectivity index (χ1v) is 11.3. The maximum atomic E-state index is 12.7. The Kier molecular flexibility index (Phi) is 3.69. The summed E-state index contributed by atoms with van der Waals surface area (Å²) in [6, 6.07) is 20.6. The van der Waals surface area contributed by atoms with Gasteiger partial charge in [0, 0.05) is 24.7 Å². The van der Waals surface area contributed by atoms with Crippen molar-refractivity contribution in [3.8, 4) is 10.4 Å². The third-order valence-corrected chi connectivity index (χ3v) is 8.60. The van der Waals surface area contributed by atoms with Crippen LogP contribution in [0.2, 0.25) is 0 Å². The fourth-order valence-corrected chi connectivity index (χ4v) is 7.22. The van der Waals surface area contributed by atoms with Crippen molar-refractivity contribution >= 4 is 53.8 Å². The van der Waals surface area contributed by atoms with Crippen molar-refractivity contribution in [1.29, 1.82) is 0 Å². The standard InChI is InChI=1S/C21H12O3S3/c22-21-15-8-4-5-9-19(15)27(23,24)20(21)11-14-10-17-18(25-14)12-16(26-17)13-6-2-1-3-7-13/h1-12H/b20-11+. The SMILES string of the molecule is O=C1/C(=C\c2cc3sc(-c4ccccc4)cc3s2)S(=O)(=O)c2ccccc21. The summed E-state index contributed by atoms with van der Waals surface area (Å²) in [5, 5.41) is 0. The molecule has 0 spiro atoms. The smallest absolute Gasteiger partial charge is 0.211 e. The zero-order valence-electron chi connectivity index (χ0n) is 13.9. The van der Waals surface area contributed by atoms with Gasteiger partial charge < -0.3 is 0 Å². The third kappa shape index (κ3) is 2.60. The number of allylic oxidation sites excluding steroid dienone is 1. The van der Waals surface area contributed by atoms with Crippen LogP contribution < -0.4 is 0 Å². The van der Waals surface area contributed by atoms with Gasteiger partial charge in [0.25, 0.3) is 0 Å². The highest BCUT2D eigenvalue weighted by molar-refractivity contribution is 7.97. The van der Waals surface area contributed by atoms with E-state index in [0.29, 0.717) is 0 Å². The molecular formula is C21H12O3S3. The molecule has 27 heavy (non-hydrogen) atoms. The van der Waals surface area contributed by atoms with E-state index in [-0.39, 0.29) is 15.4 Å². The number of thiophene rings is 2. The summed E-state index contributed by atoms with van der Waals surface area (Å²) in [6.45, 7) is 0. The molecule has 0 fully saturated rings. The van der Waals surface area contributed by atoms with Crippen molar-refractivity contribution < 1.29 is 13.2 Å². The Morgan fingerprint density at radius 3 is 2.26 bits per heavy atom. The highest BCUT2D eigenvalue weighted by Gasteiger charge is 2.38. The minimum Gasteiger partial charge on any atom is -0.288 e. The van der Waals surface area contributed by atoms with E-state index < -0.39 is 15.6 Å².